The molecule has 1 N–H and O–H groups in total. The molecule has 168 valence electrons. The number of hydrogen-bond acceptors (Lipinski definition) is 4. The van der Waals surface area contributed by atoms with Crippen molar-refractivity contribution in [2.45, 2.75) is 25.3 Å². The Morgan fingerprint density at radius 2 is 1.91 bits per heavy atom. The van der Waals surface area contributed by atoms with Crippen LogP contribution in [0, 0.1) is 11.6 Å². The quantitative estimate of drug-likeness (QED) is 0.609. The molecule has 2 aromatic carbocycles. The zero-order valence-electron chi connectivity index (χ0n) is 18.4. The Bertz CT molecular complexity index is 1130. The van der Waals surface area contributed by atoms with Gasteiger partial charge < -0.3 is 15.0 Å². The van der Waals surface area contributed by atoms with Crippen molar-refractivity contribution >= 4 is 5.91 Å². The van der Waals surface area contributed by atoms with Gasteiger partial charge in [-0.25, -0.2) is 13.5 Å². The first kappa shape index (κ1) is 22.0. The molecule has 6 nitrogen and oxygen atoms in total. The first-order chi connectivity index (χ1) is 15.4. The fraction of sp³-hybridized carbons (Fsp3) is 0.333. The maximum absolute atomic E-state index is 13.8. The van der Waals surface area contributed by atoms with E-state index in [2.05, 4.69) is 10.4 Å². The number of benzene rings is 2. The number of methoxy groups -OCH3 is 1. The number of hydrogen-bond donors (Lipinski definition) is 1. The molecule has 1 unspecified atom stereocenters. The first-order valence-electron chi connectivity index (χ1n) is 10.5. The molecule has 8 heteroatoms. The first-order valence-corrected chi connectivity index (χ1v) is 10.5. The second-order valence-electron chi connectivity index (χ2n) is 8.10. The maximum atomic E-state index is 13.8. The van der Waals surface area contributed by atoms with Gasteiger partial charge in [0.25, 0.3) is 5.91 Å². The van der Waals surface area contributed by atoms with Crippen LogP contribution >= 0.6 is 0 Å². The normalized spacial score (nSPS) is 13.8. The van der Waals surface area contributed by atoms with Crippen LogP contribution in [0.25, 0.3) is 5.69 Å². The Balaban J connectivity index is 1.56. The Hall–Kier alpha value is -3.26. The standard InChI is InChI=1S/C24H26F2N4O2/c1-29(2)22(15-7-10-17(32-3)11-8-15)14-27-24(31)23-18-5-4-6-21(18)30(28-23)16-9-12-19(25)20(26)13-16/h7-13,22H,4-6,14H2,1-3H3,(H,27,31). The van der Waals surface area contributed by atoms with Crippen molar-refractivity contribution in [1.29, 1.82) is 0 Å². The number of nitrogens with one attached hydrogen (secondary N) is 1. The predicted octanol–water partition coefficient (Wildman–Crippen LogP) is 3.68. The van der Waals surface area contributed by atoms with Crippen LogP contribution in [-0.4, -0.2) is 48.3 Å². The Morgan fingerprint density at radius 3 is 2.56 bits per heavy atom. The minimum absolute atomic E-state index is 0.0359. The molecule has 1 aliphatic carbocycles. The van der Waals surface area contributed by atoms with Crippen LogP contribution in [-0.2, 0) is 12.8 Å². The van der Waals surface area contributed by atoms with Crippen molar-refractivity contribution in [3.63, 3.8) is 0 Å². The van der Waals surface area contributed by atoms with Gasteiger partial charge in [-0.3, -0.25) is 4.79 Å². The molecular formula is C24H26F2N4O2. The van der Waals surface area contributed by atoms with Crippen LogP contribution in [0.1, 0.15) is 39.8 Å². The topological polar surface area (TPSA) is 59.4 Å². The Morgan fingerprint density at radius 1 is 1.16 bits per heavy atom. The highest BCUT2D eigenvalue weighted by atomic mass is 19.2. The van der Waals surface area contributed by atoms with Gasteiger partial charge in [0.2, 0.25) is 0 Å². The van der Waals surface area contributed by atoms with E-state index in [4.69, 9.17) is 4.74 Å². The molecule has 1 aliphatic rings. The molecule has 4 rings (SSSR count). The van der Waals surface area contributed by atoms with Crippen LogP contribution in [0.3, 0.4) is 0 Å². The number of nitrogens with zero attached hydrogens (tertiary/aromatic N) is 3. The molecule has 0 radical (unpaired) electrons. The van der Waals surface area contributed by atoms with Crippen LogP contribution in [0.2, 0.25) is 0 Å². The Kier molecular flexibility index (Phi) is 6.23. The van der Waals surface area contributed by atoms with Crippen LogP contribution in [0.4, 0.5) is 8.78 Å². The van der Waals surface area contributed by atoms with Gasteiger partial charge in [-0.05, 0) is 63.2 Å². The zero-order valence-corrected chi connectivity index (χ0v) is 18.4. The van der Waals surface area contributed by atoms with E-state index in [0.717, 1.165) is 54.0 Å². The lowest BCUT2D eigenvalue weighted by molar-refractivity contribution is 0.0935. The summed E-state index contributed by atoms with van der Waals surface area (Å²) < 4.78 is 33.9. The van der Waals surface area contributed by atoms with Crippen molar-refractivity contribution in [3.05, 3.63) is 76.6 Å². The number of aromatic nitrogens is 2. The zero-order chi connectivity index (χ0) is 22.8. The smallest absolute Gasteiger partial charge is 0.272 e. The Labute approximate surface area is 185 Å². The SMILES string of the molecule is COc1ccc(C(CNC(=O)c2nn(-c3ccc(F)c(F)c3)c3c2CCC3)N(C)C)cc1. The summed E-state index contributed by atoms with van der Waals surface area (Å²) in [6.45, 7) is 0.394. The van der Waals surface area contributed by atoms with E-state index in [1.54, 1.807) is 11.8 Å². The number of rotatable bonds is 7. The molecule has 32 heavy (non-hydrogen) atoms. The number of carbonyl (C=O) groups is 1. The minimum atomic E-state index is -0.941. The largest absolute Gasteiger partial charge is 0.497 e. The molecule has 0 saturated heterocycles. The van der Waals surface area contributed by atoms with Gasteiger partial charge in [0.05, 0.1) is 18.8 Å². The number of amides is 1. The average molecular weight is 440 g/mol. The third-order valence-electron chi connectivity index (χ3n) is 5.87. The monoisotopic (exact) mass is 440 g/mol. The van der Waals surface area contributed by atoms with E-state index in [1.807, 2.05) is 43.3 Å². The molecule has 0 bridgehead atoms. The molecule has 0 spiro atoms. The molecule has 3 aromatic rings. The third-order valence-corrected chi connectivity index (χ3v) is 5.87. The van der Waals surface area contributed by atoms with Gasteiger partial charge in [0.1, 0.15) is 5.75 Å². The highest BCUT2D eigenvalue weighted by Crippen LogP contribution is 2.28. The molecule has 1 atom stereocenters. The van der Waals surface area contributed by atoms with Crippen molar-refractivity contribution < 1.29 is 18.3 Å². The summed E-state index contributed by atoms with van der Waals surface area (Å²) >= 11 is 0. The lowest BCUT2D eigenvalue weighted by atomic mass is 10.1. The fourth-order valence-electron chi connectivity index (χ4n) is 4.15. The molecule has 0 saturated carbocycles. The number of fused-ring (bicyclic) bond motifs is 1. The number of halogens is 2. The van der Waals surface area contributed by atoms with E-state index in [-0.39, 0.29) is 11.9 Å². The van der Waals surface area contributed by atoms with Crippen molar-refractivity contribution in [2.75, 3.05) is 27.7 Å². The maximum Gasteiger partial charge on any atom is 0.272 e. The van der Waals surface area contributed by atoms with E-state index >= 15 is 0 Å². The van der Waals surface area contributed by atoms with Gasteiger partial charge in [0.15, 0.2) is 17.3 Å². The number of ether oxygens (including phenoxy) is 1. The third kappa shape index (κ3) is 4.23. The number of likely N-dealkylation sites (N-methyl/N-ethyl adjacent to an activating group) is 1. The van der Waals surface area contributed by atoms with Gasteiger partial charge in [0, 0.05) is 23.9 Å². The summed E-state index contributed by atoms with van der Waals surface area (Å²) in [5, 5.41) is 7.48. The summed E-state index contributed by atoms with van der Waals surface area (Å²) in [7, 11) is 5.53. The summed E-state index contributed by atoms with van der Waals surface area (Å²) in [5.41, 5.74) is 3.55. The summed E-state index contributed by atoms with van der Waals surface area (Å²) in [4.78, 5) is 15.1. The number of carbonyl (C=O) groups excluding carboxylic acids is 1. The molecule has 0 aliphatic heterocycles. The molecule has 1 aromatic heterocycles. The van der Waals surface area contributed by atoms with Crippen LogP contribution in [0.15, 0.2) is 42.5 Å². The minimum Gasteiger partial charge on any atom is -0.497 e. The molecule has 1 amide bonds. The van der Waals surface area contributed by atoms with Gasteiger partial charge >= 0.3 is 0 Å². The second-order valence-corrected chi connectivity index (χ2v) is 8.10. The lowest BCUT2D eigenvalue weighted by Gasteiger charge is -2.25. The predicted molar refractivity (Wildman–Crippen MR) is 117 cm³/mol. The van der Waals surface area contributed by atoms with E-state index in [9.17, 15) is 13.6 Å². The highest BCUT2D eigenvalue weighted by molar-refractivity contribution is 5.94. The van der Waals surface area contributed by atoms with Gasteiger partial charge in [-0.15, -0.1) is 0 Å². The lowest BCUT2D eigenvalue weighted by Crippen LogP contribution is -2.35. The van der Waals surface area contributed by atoms with Crippen LogP contribution in [0.5, 0.6) is 5.75 Å². The van der Waals surface area contributed by atoms with E-state index < -0.39 is 11.6 Å². The average Bonchev–Trinajstić information content (AvgIpc) is 3.39. The molecular weight excluding hydrogens is 414 g/mol. The van der Waals surface area contributed by atoms with Crippen molar-refractivity contribution in [3.8, 4) is 11.4 Å². The molecule has 0 fully saturated rings. The van der Waals surface area contributed by atoms with Crippen LogP contribution < -0.4 is 10.1 Å². The summed E-state index contributed by atoms with van der Waals surface area (Å²) in [5.74, 6) is -1.36. The second kappa shape index (κ2) is 9.08. The molecule has 1 heterocycles. The highest BCUT2D eigenvalue weighted by Gasteiger charge is 2.28. The summed E-state index contributed by atoms with van der Waals surface area (Å²) in [6.07, 6.45) is 2.36. The van der Waals surface area contributed by atoms with Crippen molar-refractivity contribution in [1.82, 2.24) is 20.0 Å². The van der Waals surface area contributed by atoms with E-state index in [0.29, 0.717) is 17.9 Å². The van der Waals surface area contributed by atoms with Gasteiger partial charge in [-0.1, -0.05) is 12.1 Å². The van der Waals surface area contributed by atoms with E-state index in [1.165, 1.54) is 6.07 Å². The fourth-order valence-corrected chi connectivity index (χ4v) is 4.15. The van der Waals surface area contributed by atoms with Crippen molar-refractivity contribution in [2.24, 2.45) is 0 Å². The summed E-state index contributed by atoms with van der Waals surface area (Å²) in [6, 6.07) is 11.4. The van der Waals surface area contributed by atoms with Gasteiger partial charge in [-0.2, -0.15) is 5.10 Å².